The van der Waals surface area contributed by atoms with Crippen molar-refractivity contribution in [1.82, 2.24) is 9.88 Å². The zero-order chi connectivity index (χ0) is 21.2. The summed E-state index contributed by atoms with van der Waals surface area (Å²) in [7, 11) is -3.01. The third-order valence-electron chi connectivity index (χ3n) is 5.82. The van der Waals surface area contributed by atoms with E-state index >= 15 is 0 Å². The van der Waals surface area contributed by atoms with Crippen molar-refractivity contribution < 1.29 is 103 Å². The van der Waals surface area contributed by atoms with Crippen molar-refractivity contribution >= 4 is 21.3 Å². The van der Waals surface area contributed by atoms with Crippen LogP contribution in [0, 0.1) is 11.8 Å². The molecule has 0 saturated carbocycles. The Morgan fingerprint density at radius 2 is 2.00 bits per heavy atom. The molecule has 166 valence electrons. The summed E-state index contributed by atoms with van der Waals surface area (Å²) in [5.74, 6) is 2.01. The van der Waals surface area contributed by atoms with Gasteiger partial charge in [-0.3, -0.25) is 19.0 Å². The Morgan fingerprint density at radius 1 is 1.32 bits per heavy atom. The molecule has 5 atom stereocenters. The summed E-state index contributed by atoms with van der Waals surface area (Å²) in [6.07, 6.45) is 5.62. The van der Waals surface area contributed by atoms with Crippen LogP contribution in [0.4, 0.5) is 0 Å². The zero-order valence-corrected chi connectivity index (χ0v) is 23.7. The molecule has 0 aliphatic carbocycles. The van der Waals surface area contributed by atoms with E-state index in [0.717, 1.165) is 41.7 Å². The quantitative estimate of drug-likeness (QED) is 0.146. The molecule has 0 amide bonds. The predicted molar refractivity (Wildman–Crippen MR) is 109 cm³/mol. The minimum atomic E-state index is -4.67. The van der Waals surface area contributed by atoms with Crippen LogP contribution in [0.3, 0.4) is 0 Å². The van der Waals surface area contributed by atoms with Crippen LogP contribution >= 0.6 is 0 Å². The Bertz CT molecular complexity index is 985. The first-order valence-electron chi connectivity index (χ1n) is 9.38. The summed E-state index contributed by atoms with van der Waals surface area (Å²) in [6, 6.07) is 7.96. The Balaban J connectivity index is 0.000000622. The van der Waals surface area contributed by atoms with Crippen molar-refractivity contribution in [3.8, 4) is 5.75 Å². The summed E-state index contributed by atoms with van der Waals surface area (Å²) in [5.41, 5.74) is 1.85. The van der Waals surface area contributed by atoms with E-state index in [-0.39, 0.29) is 81.4 Å². The molecule has 5 rings (SSSR count). The van der Waals surface area contributed by atoms with Gasteiger partial charge in [-0.15, -0.1) is 6.58 Å². The second-order valence-corrected chi connectivity index (χ2v) is 8.32. The van der Waals surface area contributed by atoms with Gasteiger partial charge in [0.05, 0.1) is 18.7 Å². The fourth-order valence-electron chi connectivity index (χ4n) is 4.44. The second-order valence-electron chi connectivity index (χ2n) is 7.42. The largest absolute Gasteiger partial charge is 1.00 e. The third kappa shape index (κ3) is 7.67. The minimum absolute atomic E-state index is 0. The summed E-state index contributed by atoms with van der Waals surface area (Å²) in [4.78, 5) is 6.86. The van der Waals surface area contributed by atoms with Gasteiger partial charge in [0.1, 0.15) is 5.75 Å². The molecule has 2 bridgehead atoms. The molecular weight excluding hydrogens is 562 g/mol. The van der Waals surface area contributed by atoms with Gasteiger partial charge in [0.15, 0.2) is 0 Å². The smallest absolute Gasteiger partial charge is 1.00 e. The van der Waals surface area contributed by atoms with Gasteiger partial charge in [0, 0.05) is 24.2 Å². The van der Waals surface area contributed by atoms with E-state index in [1.54, 1.807) is 13.3 Å². The summed E-state index contributed by atoms with van der Waals surface area (Å²) >= 11 is 0. The number of aliphatic hydroxyl groups is 1. The Labute approximate surface area is 242 Å². The molecule has 4 heterocycles. The number of benzene rings is 1. The monoisotopic (exact) mass is 588 g/mol. The van der Waals surface area contributed by atoms with Crippen LogP contribution < -0.4 is 80.1 Å². The van der Waals surface area contributed by atoms with E-state index in [1.165, 1.54) is 6.42 Å². The van der Waals surface area contributed by atoms with Gasteiger partial charge in [-0.2, -0.15) is 8.42 Å². The molecule has 0 spiro atoms. The number of fused-ring (bicyclic) bond motifs is 4. The maximum Gasteiger partial charge on any atom is 1.00 e. The van der Waals surface area contributed by atoms with Gasteiger partial charge in [-0.05, 0) is 61.1 Å². The Morgan fingerprint density at radius 3 is 2.55 bits per heavy atom. The number of hydrogen-bond donors (Lipinski definition) is 3. The van der Waals surface area contributed by atoms with Gasteiger partial charge >= 0.3 is 61.8 Å². The number of nitrogens with zero attached hydrogens (tertiary/aromatic N) is 2. The van der Waals surface area contributed by atoms with Gasteiger partial charge in [-0.1, -0.05) is 6.08 Å². The van der Waals surface area contributed by atoms with Crippen LogP contribution in [0.2, 0.25) is 0 Å². The van der Waals surface area contributed by atoms with Gasteiger partial charge < -0.3 is 33.8 Å². The molecule has 11 heteroatoms. The number of piperidine rings is 3. The molecule has 1 aromatic heterocycles. The van der Waals surface area contributed by atoms with Crippen LogP contribution in [0.1, 0.15) is 24.5 Å². The van der Waals surface area contributed by atoms with Crippen LogP contribution in [0.15, 0.2) is 43.1 Å². The van der Waals surface area contributed by atoms with E-state index in [0.29, 0.717) is 11.8 Å². The maximum atomic E-state index is 11.2. The molecule has 3 saturated heterocycles. The zero-order valence-electron chi connectivity index (χ0n) is 17.6. The molecule has 31 heavy (non-hydrogen) atoms. The molecule has 1 aromatic carbocycles. The second kappa shape index (κ2) is 12.7. The summed E-state index contributed by atoms with van der Waals surface area (Å²) < 4.78 is 36.9. The fourth-order valence-corrected chi connectivity index (χ4v) is 4.44. The first kappa shape index (κ1) is 29.4. The van der Waals surface area contributed by atoms with Crippen molar-refractivity contribution in [1.29, 1.82) is 0 Å². The SMILES string of the molecule is C=C[C@H]1CN2CC[C@H]1C[C@H]2[C@H](O)c1ccnc2ccc(OC)cc12.O=S(=O)(O)O.[I-].[K+]. The average Bonchev–Trinajstić information content (AvgIpc) is 2.71. The number of aromatic nitrogens is 1. The minimum Gasteiger partial charge on any atom is -1.00 e. The standard InChI is InChI=1S/C20H24N2O2.HI.K.H2O4S/c1-3-13-12-22-9-7-14(13)10-19(22)20(23)16-6-8-21-18-5-4-15(24-2)11-17(16)18;;;1-5(2,3)4/h3-6,8,11,13-14,19-20,23H,1,7,9-10,12H2,2H3;1H;;(H2,1,2,3,4)/q;;+1;/p-1/t13-,14-,19-,20+;;;/m0.../s1. The number of ether oxygens (including phenoxy) is 1. The van der Waals surface area contributed by atoms with Gasteiger partial charge in [-0.25, -0.2) is 0 Å². The van der Waals surface area contributed by atoms with E-state index < -0.39 is 16.5 Å². The fraction of sp³-hybridized carbons (Fsp3) is 0.450. The van der Waals surface area contributed by atoms with Crippen LogP contribution in [-0.4, -0.2) is 58.8 Å². The van der Waals surface area contributed by atoms with Crippen molar-refractivity contribution in [3.63, 3.8) is 0 Å². The van der Waals surface area contributed by atoms with Crippen LogP contribution in [-0.2, 0) is 10.4 Å². The number of aliphatic hydroxyl groups excluding tert-OH is 1. The van der Waals surface area contributed by atoms with Gasteiger partial charge in [0.2, 0.25) is 0 Å². The molecule has 0 radical (unpaired) electrons. The molecule has 3 fully saturated rings. The number of methoxy groups -OCH3 is 1. The number of halogens is 1. The summed E-state index contributed by atoms with van der Waals surface area (Å²) in [6.45, 7) is 6.07. The maximum absolute atomic E-state index is 11.2. The third-order valence-corrected chi connectivity index (χ3v) is 5.82. The number of pyridine rings is 1. The van der Waals surface area contributed by atoms with Crippen LogP contribution in [0.5, 0.6) is 5.75 Å². The number of rotatable bonds is 4. The molecular formula is C20H26IKN2O6S. The van der Waals surface area contributed by atoms with E-state index in [9.17, 15) is 5.11 Å². The molecule has 8 nitrogen and oxygen atoms in total. The van der Waals surface area contributed by atoms with Gasteiger partial charge in [0.25, 0.3) is 0 Å². The number of hydrogen-bond acceptors (Lipinski definition) is 6. The van der Waals surface area contributed by atoms with E-state index in [4.69, 9.17) is 22.3 Å². The normalized spacial score (nSPS) is 25.3. The molecule has 3 aliphatic heterocycles. The Hall–Kier alpha value is 0.326. The average molecular weight is 589 g/mol. The topological polar surface area (TPSA) is 120 Å². The van der Waals surface area contributed by atoms with Crippen molar-refractivity contribution in [2.24, 2.45) is 11.8 Å². The first-order valence-corrected chi connectivity index (χ1v) is 10.8. The molecule has 2 aromatic rings. The Kier molecular flexibility index (Phi) is 12.0. The van der Waals surface area contributed by atoms with Crippen molar-refractivity contribution in [3.05, 3.63) is 48.7 Å². The van der Waals surface area contributed by atoms with Crippen LogP contribution in [0.25, 0.3) is 10.9 Å². The molecule has 3 aliphatic rings. The molecule has 3 N–H and O–H groups in total. The first-order chi connectivity index (χ1) is 13.7. The van der Waals surface area contributed by atoms with E-state index in [1.807, 2.05) is 24.3 Å². The predicted octanol–water partition coefficient (Wildman–Crippen LogP) is -3.47. The molecule has 1 unspecified atom stereocenters. The van der Waals surface area contributed by atoms with Crippen molar-refractivity contribution in [2.75, 3.05) is 20.2 Å². The van der Waals surface area contributed by atoms with Crippen molar-refractivity contribution in [2.45, 2.75) is 25.0 Å². The van der Waals surface area contributed by atoms with E-state index in [2.05, 4.69) is 22.5 Å². The summed E-state index contributed by atoms with van der Waals surface area (Å²) in [5, 5.41) is 12.1.